The number of halogens is 2. The first kappa shape index (κ1) is 19.6. The van der Waals surface area contributed by atoms with Gasteiger partial charge in [-0.05, 0) is 37.5 Å². The van der Waals surface area contributed by atoms with Crippen LogP contribution in [0.25, 0.3) is 0 Å². The second kappa shape index (κ2) is 8.25. The van der Waals surface area contributed by atoms with Crippen molar-refractivity contribution in [3.8, 4) is 0 Å². The maximum atomic E-state index is 14.0. The Morgan fingerprint density at radius 2 is 1.92 bits per heavy atom. The zero-order valence-corrected chi connectivity index (χ0v) is 17.0. The molecule has 26 heavy (non-hydrogen) atoms. The van der Waals surface area contributed by atoms with E-state index < -0.39 is 15.7 Å². The van der Waals surface area contributed by atoms with Crippen molar-refractivity contribution in [3.63, 3.8) is 0 Å². The van der Waals surface area contributed by atoms with Gasteiger partial charge in [-0.15, -0.1) is 0 Å². The van der Waals surface area contributed by atoms with E-state index in [1.807, 2.05) is 0 Å². The van der Waals surface area contributed by atoms with Crippen molar-refractivity contribution in [3.05, 3.63) is 28.5 Å². The molecule has 0 aromatic heterocycles. The molecule has 1 aliphatic heterocycles. The van der Waals surface area contributed by atoms with Crippen molar-refractivity contribution >= 4 is 37.4 Å². The van der Waals surface area contributed by atoms with E-state index in [1.54, 1.807) is 17.0 Å². The van der Waals surface area contributed by atoms with Gasteiger partial charge in [0.05, 0.1) is 23.7 Å². The summed E-state index contributed by atoms with van der Waals surface area (Å²) in [5, 5.41) is 2.87. The van der Waals surface area contributed by atoms with Crippen molar-refractivity contribution in [1.29, 1.82) is 0 Å². The number of nitrogens with zero attached hydrogens (tertiary/aromatic N) is 1. The Bertz CT molecular complexity index is 766. The highest BCUT2D eigenvalue weighted by molar-refractivity contribution is 9.10. The van der Waals surface area contributed by atoms with Crippen molar-refractivity contribution in [2.45, 2.75) is 50.6 Å². The Balaban J connectivity index is 1.71. The molecule has 1 amide bonds. The molecule has 1 saturated heterocycles. The van der Waals surface area contributed by atoms with Crippen LogP contribution in [-0.4, -0.2) is 49.4 Å². The number of nitrogens with one attached hydrogen (secondary N) is 1. The average molecular weight is 447 g/mol. The Hall–Kier alpha value is -1.15. The number of anilines is 1. The maximum absolute atomic E-state index is 14.0. The molecule has 0 spiro atoms. The van der Waals surface area contributed by atoms with E-state index in [4.69, 9.17) is 0 Å². The summed E-state index contributed by atoms with van der Waals surface area (Å²) in [7, 11) is -3.07. The first-order valence-corrected chi connectivity index (χ1v) is 11.7. The monoisotopic (exact) mass is 446 g/mol. The van der Waals surface area contributed by atoms with E-state index in [2.05, 4.69) is 21.2 Å². The van der Waals surface area contributed by atoms with Gasteiger partial charge >= 0.3 is 0 Å². The van der Waals surface area contributed by atoms with E-state index in [0.29, 0.717) is 10.9 Å². The zero-order chi connectivity index (χ0) is 18.7. The summed E-state index contributed by atoms with van der Waals surface area (Å²) in [6, 6.07) is 4.46. The number of rotatable bonds is 5. The van der Waals surface area contributed by atoms with E-state index >= 15 is 0 Å². The lowest BCUT2D eigenvalue weighted by molar-refractivity contribution is -0.134. The summed E-state index contributed by atoms with van der Waals surface area (Å²) in [6.07, 6.45) is 5.59. The van der Waals surface area contributed by atoms with Crippen LogP contribution < -0.4 is 5.32 Å². The molecule has 1 heterocycles. The molecule has 1 saturated carbocycles. The lowest BCUT2D eigenvalue weighted by Gasteiger charge is -2.38. The van der Waals surface area contributed by atoms with Gasteiger partial charge in [0.1, 0.15) is 5.82 Å². The van der Waals surface area contributed by atoms with Gasteiger partial charge in [-0.3, -0.25) is 4.79 Å². The first-order valence-electron chi connectivity index (χ1n) is 9.06. The molecule has 8 heteroatoms. The molecular weight excluding hydrogens is 423 g/mol. The van der Waals surface area contributed by atoms with E-state index in [1.165, 1.54) is 6.07 Å². The summed E-state index contributed by atoms with van der Waals surface area (Å²) in [5.41, 5.74) is 0.268. The normalized spacial score (nSPS) is 22.9. The number of hydrogen-bond acceptors (Lipinski definition) is 4. The molecule has 1 aromatic carbocycles. The summed E-state index contributed by atoms with van der Waals surface area (Å²) < 4.78 is 38.4. The van der Waals surface area contributed by atoms with Crippen molar-refractivity contribution in [2.24, 2.45) is 0 Å². The van der Waals surface area contributed by atoms with Crippen molar-refractivity contribution in [2.75, 3.05) is 23.4 Å². The topological polar surface area (TPSA) is 66.5 Å². The van der Waals surface area contributed by atoms with Crippen LogP contribution in [0.2, 0.25) is 0 Å². The lowest BCUT2D eigenvalue weighted by atomic mass is 9.93. The van der Waals surface area contributed by atoms with Gasteiger partial charge < -0.3 is 10.2 Å². The molecule has 0 radical (unpaired) electrons. The van der Waals surface area contributed by atoms with Crippen LogP contribution in [0.3, 0.4) is 0 Å². The highest BCUT2D eigenvalue weighted by Crippen LogP contribution is 2.28. The lowest BCUT2D eigenvalue weighted by Crippen LogP contribution is -2.50. The highest BCUT2D eigenvalue weighted by atomic mass is 79.9. The molecule has 0 unspecified atom stereocenters. The summed E-state index contributed by atoms with van der Waals surface area (Å²) in [4.78, 5) is 14.7. The Kier molecular flexibility index (Phi) is 6.22. The number of hydrogen-bond donors (Lipinski definition) is 1. The molecule has 5 nitrogen and oxygen atoms in total. The molecule has 1 aromatic rings. The minimum absolute atomic E-state index is 0.0361. The maximum Gasteiger partial charge on any atom is 0.242 e. The molecule has 144 valence electrons. The van der Waals surface area contributed by atoms with Crippen LogP contribution in [0, 0.1) is 5.82 Å². The van der Waals surface area contributed by atoms with Gasteiger partial charge in [0, 0.05) is 16.6 Å². The minimum atomic E-state index is -3.07. The Labute approximate surface area is 162 Å². The van der Waals surface area contributed by atoms with Gasteiger partial charge in [0.25, 0.3) is 0 Å². The average Bonchev–Trinajstić information content (AvgIpc) is 2.95. The number of carbonyl (C=O) groups is 1. The second-order valence-electron chi connectivity index (χ2n) is 7.13. The van der Waals surface area contributed by atoms with Crippen LogP contribution in [0.5, 0.6) is 0 Å². The molecule has 1 atom stereocenters. The predicted octanol–water partition coefficient (Wildman–Crippen LogP) is 3.35. The van der Waals surface area contributed by atoms with E-state index in [9.17, 15) is 17.6 Å². The SMILES string of the molecule is O=C(CNc1ccc(Br)cc1F)N(C1CCCCC1)[C@H]1CCS(=O)(=O)C1. The standard InChI is InChI=1S/C18H24BrFN2O3S/c19-13-6-7-17(16(20)10-13)21-11-18(23)22(14-4-2-1-3-5-14)15-8-9-26(24,25)12-15/h6-7,10,14-15,21H,1-5,8-9,11-12H2/t15-/m0/s1. The van der Waals surface area contributed by atoms with Crippen LogP contribution >= 0.6 is 15.9 Å². The fourth-order valence-corrected chi connectivity index (χ4v) is 6.00. The predicted molar refractivity (Wildman–Crippen MR) is 103 cm³/mol. The van der Waals surface area contributed by atoms with Crippen molar-refractivity contribution < 1.29 is 17.6 Å². The number of amides is 1. The molecule has 2 aliphatic rings. The van der Waals surface area contributed by atoms with Gasteiger partial charge in [0.2, 0.25) is 5.91 Å². The number of benzene rings is 1. The van der Waals surface area contributed by atoms with Crippen LogP contribution in [0.1, 0.15) is 38.5 Å². The van der Waals surface area contributed by atoms with Gasteiger partial charge in [-0.2, -0.15) is 0 Å². The largest absolute Gasteiger partial charge is 0.374 e. The quantitative estimate of drug-likeness (QED) is 0.752. The molecule has 1 N–H and O–H groups in total. The summed E-state index contributed by atoms with van der Waals surface area (Å²) in [5.74, 6) is -0.397. The Morgan fingerprint density at radius 3 is 2.54 bits per heavy atom. The third-order valence-electron chi connectivity index (χ3n) is 5.22. The van der Waals surface area contributed by atoms with Gasteiger partial charge in [0.15, 0.2) is 9.84 Å². The first-order chi connectivity index (χ1) is 12.4. The van der Waals surface area contributed by atoms with E-state index in [-0.39, 0.29) is 41.7 Å². The number of sulfone groups is 1. The summed E-state index contributed by atoms with van der Waals surface area (Å²) in [6.45, 7) is -0.0361. The fourth-order valence-electron chi connectivity index (χ4n) is 3.95. The van der Waals surface area contributed by atoms with Crippen LogP contribution in [0.15, 0.2) is 22.7 Å². The van der Waals surface area contributed by atoms with Crippen molar-refractivity contribution in [1.82, 2.24) is 4.90 Å². The minimum Gasteiger partial charge on any atom is -0.374 e. The smallest absolute Gasteiger partial charge is 0.242 e. The summed E-state index contributed by atoms with van der Waals surface area (Å²) >= 11 is 3.21. The second-order valence-corrected chi connectivity index (χ2v) is 10.3. The Morgan fingerprint density at radius 1 is 1.19 bits per heavy atom. The molecule has 0 bridgehead atoms. The highest BCUT2D eigenvalue weighted by Gasteiger charge is 2.38. The third kappa shape index (κ3) is 4.76. The number of carbonyl (C=O) groups excluding carboxylic acids is 1. The van der Waals surface area contributed by atoms with Crippen LogP contribution in [0.4, 0.5) is 10.1 Å². The van der Waals surface area contributed by atoms with Crippen LogP contribution in [-0.2, 0) is 14.6 Å². The van der Waals surface area contributed by atoms with Gasteiger partial charge in [-0.25, -0.2) is 12.8 Å². The zero-order valence-electron chi connectivity index (χ0n) is 14.6. The van der Waals surface area contributed by atoms with Gasteiger partial charge in [-0.1, -0.05) is 35.2 Å². The molecule has 3 rings (SSSR count). The molecule has 2 fully saturated rings. The molecule has 1 aliphatic carbocycles. The molecular formula is C18H24BrFN2O3S. The third-order valence-corrected chi connectivity index (χ3v) is 7.46. The van der Waals surface area contributed by atoms with E-state index in [0.717, 1.165) is 32.1 Å². The fraction of sp³-hybridized carbons (Fsp3) is 0.611.